The molecule has 2 aromatic rings. The van der Waals surface area contributed by atoms with Gasteiger partial charge >= 0.3 is 0 Å². The van der Waals surface area contributed by atoms with Gasteiger partial charge in [-0.05, 0) is 29.8 Å². The maximum Gasteiger partial charge on any atom is 0.206 e. The van der Waals surface area contributed by atoms with Crippen LogP contribution in [-0.2, 0) is 16.4 Å². The van der Waals surface area contributed by atoms with Crippen molar-refractivity contribution in [2.75, 3.05) is 0 Å². The average molecular weight is 284 g/mol. The van der Waals surface area contributed by atoms with Crippen LogP contribution in [0.3, 0.4) is 0 Å². The van der Waals surface area contributed by atoms with Crippen LogP contribution in [0.1, 0.15) is 5.56 Å². The molecule has 0 bridgehead atoms. The van der Waals surface area contributed by atoms with Gasteiger partial charge in [-0.2, -0.15) is 0 Å². The van der Waals surface area contributed by atoms with Crippen molar-refractivity contribution in [3.8, 4) is 0 Å². The molecule has 0 heterocycles. The van der Waals surface area contributed by atoms with Crippen LogP contribution >= 0.6 is 12.4 Å². The molecule has 0 atom stereocenters. The fraction of sp³-hybridized carbons (Fsp3) is 0.0769. The van der Waals surface area contributed by atoms with Crippen molar-refractivity contribution < 1.29 is 8.42 Å². The second-order valence-electron chi connectivity index (χ2n) is 3.66. The number of benzene rings is 2. The van der Waals surface area contributed by atoms with E-state index < -0.39 is 9.84 Å². The van der Waals surface area contributed by atoms with E-state index in [-0.39, 0.29) is 12.4 Å². The Morgan fingerprint density at radius 3 is 1.83 bits per heavy atom. The number of rotatable bonds is 3. The minimum Gasteiger partial charge on any atom is -0.326 e. The zero-order chi connectivity index (χ0) is 12.3. The van der Waals surface area contributed by atoms with Gasteiger partial charge in [-0.1, -0.05) is 30.3 Å². The van der Waals surface area contributed by atoms with Crippen LogP contribution < -0.4 is 5.73 Å². The molecule has 0 spiro atoms. The van der Waals surface area contributed by atoms with Crippen LogP contribution in [0.15, 0.2) is 64.4 Å². The average Bonchev–Trinajstić information content (AvgIpc) is 2.40. The van der Waals surface area contributed by atoms with E-state index in [1.165, 1.54) is 0 Å². The van der Waals surface area contributed by atoms with Crippen molar-refractivity contribution in [3.05, 3.63) is 60.2 Å². The molecule has 0 aromatic heterocycles. The standard InChI is InChI=1S/C13H13NO2S.ClH/c14-10-11-6-8-13(9-7-11)17(15,16)12-4-2-1-3-5-12;/h1-9H,10,14H2;1H. The van der Waals surface area contributed by atoms with Crippen LogP contribution in [0.2, 0.25) is 0 Å². The topological polar surface area (TPSA) is 60.2 Å². The van der Waals surface area contributed by atoms with Gasteiger partial charge < -0.3 is 5.73 Å². The van der Waals surface area contributed by atoms with Crippen LogP contribution in [0.5, 0.6) is 0 Å². The lowest BCUT2D eigenvalue weighted by molar-refractivity contribution is 0.596. The molecular weight excluding hydrogens is 270 g/mol. The molecule has 2 aromatic carbocycles. The maximum absolute atomic E-state index is 12.2. The third kappa shape index (κ3) is 2.90. The minimum absolute atomic E-state index is 0. The predicted molar refractivity (Wildman–Crippen MR) is 73.5 cm³/mol. The normalized spacial score (nSPS) is 10.7. The highest BCUT2D eigenvalue weighted by Crippen LogP contribution is 2.20. The van der Waals surface area contributed by atoms with Gasteiger partial charge in [0.25, 0.3) is 0 Å². The highest BCUT2D eigenvalue weighted by atomic mass is 35.5. The number of nitrogens with two attached hydrogens (primary N) is 1. The first-order chi connectivity index (χ1) is 8.14. The molecule has 0 aliphatic rings. The van der Waals surface area contributed by atoms with Crippen LogP contribution in [0, 0.1) is 0 Å². The van der Waals surface area contributed by atoms with Crippen molar-refractivity contribution in [1.82, 2.24) is 0 Å². The quantitative estimate of drug-likeness (QED) is 0.941. The molecule has 0 radical (unpaired) electrons. The van der Waals surface area contributed by atoms with Gasteiger partial charge in [0.1, 0.15) is 0 Å². The van der Waals surface area contributed by atoms with Gasteiger partial charge in [0.15, 0.2) is 0 Å². The molecule has 0 aliphatic carbocycles. The Balaban J connectivity index is 0.00000162. The summed E-state index contributed by atoms with van der Waals surface area (Å²) in [7, 11) is -3.40. The molecular formula is C13H14ClNO2S. The molecule has 0 fully saturated rings. The van der Waals surface area contributed by atoms with Crippen LogP contribution in [0.25, 0.3) is 0 Å². The van der Waals surface area contributed by atoms with Crippen LogP contribution in [0.4, 0.5) is 0 Å². The summed E-state index contributed by atoms with van der Waals surface area (Å²) in [5.74, 6) is 0. The van der Waals surface area contributed by atoms with E-state index >= 15 is 0 Å². The Kier molecular flexibility index (Phi) is 4.90. The molecule has 0 saturated heterocycles. The summed E-state index contributed by atoms with van der Waals surface area (Å²) in [6, 6.07) is 15.0. The predicted octanol–water partition coefficient (Wildman–Crippen LogP) is 2.40. The van der Waals surface area contributed by atoms with E-state index in [0.717, 1.165) is 5.56 Å². The minimum atomic E-state index is -3.40. The van der Waals surface area contributed by atoms with Gasteiger partial charge in [-0.3, -0.25) is 0 Å². The number of hydrogen-bond acceptors (Lipinski definition) is 3. The number of halogens is 1. The van der Waals surface area contributed by atoms with Gasteiger partial charge in [-0.25, -0.2) is 8.42 Å². The van der Waals surface area contributed by atoms with Gasteiger partial charge in [0, 0.05) is 6.54 Å². The molecule has 2 rings (SSSR count). The summed E-state index contributed by atoms with van der Waals surface area (Å²) >= 11 is 0. The fourth-order valence-electron chi connectivity index (χ4n) is 1.54. The maximum atomic E-state index is 12.2. The Hall–Kier alpha value is -1.36. The molecule has 3 nitrogen and oxygen atoms in total. The summed E-state index contributed by atoms with van der Waals surface area (Å²) in [6.07, 6.45) is 0. The van der Waals surface area contributed by atoms with E-state index in [0.29, 0.717) is 16.3 Å². The van der Waals surface area contributed by atoms with Crippen molar-refractivity contribution in [2.45, 2.75) is 16.3 Å². The van der Waals surface area contributed by atoms with E-state index in [1.807, 2.05) is 0 Å². The molecule has 2 N–H and O–H groups in total. The number of hydrogen-bond donors (Lipinski definition) is 1. The fourth-order valence-corrected chi connectivity index (χ4v) is 2.82. The van der Waals surface area contributed by atoms with Gasteiger partial charge in [-0.15, -0.1) is 12.4 Å². The summed E-state index contributed by atoms with van der Waals surface area (Å²) in [5, 5.41) is 0. The largest absolute Gasteiger partial charge is 0.326 e. The molecule has 18 heavy (non-hydrogen) atoms. The third-order valence-electron chi connectivity index (χ3n) is 2.52. The first-order valence-corrected chi connectivity index (χ1v) is 6.72. The van der Waals surface area contributed by atoms with E-state index in [1.54, 1.807) is 54.6 Å². The van der Waals surface area contributed by atoms with E-state index in [2.05, 4.69) is 0 Å². The SMILES string of the molecule is Cl.NCc1ccc(S(=O)(=O)c2ccccc2)cc1. The smallest absolute Gasteiger partial charge is 0.206 e. The molecule has 0 amide bonds. The number of sulfone groups is 1. The first kappa shape index (κ1) is 14.7. The Morgan fingerprint density at radius 2 is 1.33 bits per heavy atom. The highest BCUT2D eigenvalue weighted by Gasteiger charge is 2.16. The zero-order valence-corrected chi connectivity index (χ0v) is 11.2. The molecule has 0 unspecified atom stereocenters. The molecule has 96 valence electrons. The van der Waals surface area contributed by atoms with Crippen molar-refractivity contribution >= 4 is 22.2 Å². The second-order valence-corrected chi connectivity index (χ2v) is 5.61. The third-order valence-corrected chi connectivity index (χ3v) is 4.31. The Morgan fingerprint density at radius 1 is 0.833 bits per heavy atom. The zero-order valence-electron chi connectivity index (χ0n) is 9.61. The Bertz CT molecular complexity index is 595. The molecule has 0 saturated carbocycles. The molecule has 5 heteroatoms. The lowest BCUT2D eigenvalue weighted by Gasteiger charge is -2.05. The van der Waals surface area contributed by atoms with Gasteiger partial charge in [0.2, 0.25) is 9.84 Å². The monoisotopic (exact) mass is 283 g/mol. The highest BCUT2D eigenvalue weighted by molar-refractivity contribution is 7.91. The van der Waals surface area contributed by atoms with Crippen molar-refractivity contribution in [3.63, 3.8) is 0 Å². The van der Waals surface area contributed by atoms with Crippen LogP contribution in [-0.4, -0.2) is 8.42 Å². The van der Waals surface area contributed by atoms with Crippen molar-refractivity contribution in [1.29, 1.82) is 0 Å². The first-order valence-electron chi connectivity index (χ1n) is 5.24. The van der Waals surface area contributed by atoms with E-state index in [4.69, 9.17) is 5.73 Å². The summed E-state index contributed by atoms with van der Waals surface area (Å²) in [4.78, 5) is 0.599. The Labute approximate surface area is 113 Å². The van der Waals surface area contributed by atoms with Crippen molar-refractivity contribution in [2.24, 2.45) is 5.73 Å². The molecule has 0 aliphatic heterocycles. The summed E-state index contributed by atoms with van der Waals surface area (Å²) < 4.78 is 24.4. The summed E-state index contributed by atoms with van der Waals surface area (Å²) in [5.41, 5.74) is 6.38. The lowest BCUT2D eigenvalue weighted by atomic mass is 10.2. The van der Waals surface area contributed by atoms with Gasteiger partial charge in [0.05, 0.1) is 9.79 Å². The van der Waals surface area contributed by atoms with E-state index in [9.17, 15) is 8.42 Å². The lowest BCUT2D eigenvalue weighted by Crippen LogP contribution is -2.02. The second kappa shape index (κ2) is 6.00. The summed E-state index contributed by atoms with van der Waals surface area (Å²) in [6.45, 7) is 0.408.